The summed E-state index contributed by atoms with van der Waals surface area (Å²) in [6.45, 7) is 3.23. The van der Waals surface area contributed by atoms with E-state index in [-0.39, 0.29) is 0 Å². The number of hydrogen-bond donors (Lipinski definition) is 1. The van der Waals surface area contributed by atoms with E-state index in [0.717, 1.165) is 30.8 Å². The topological polar surface area (TPSA) is 48.7 Å². The molecule has 3 rings (SSSR count). The standard InChI is InChI=1S/C17H23N3/c1-2-17(8-5-9-17)12-19-16-14(11-18)10-13-6-3-4-7-15(13)20-16/h10H,2-9,12H2,1H3,(H,19,20). The Morgan fingerprint density at radius 2 is 2.10 bits per heavy atom. The molecule has 2 aliphatic rings. The molecule has 1 heterocycles. The number of nitriles is 1. The normalized spacial score (nSPS) is 19.6. The zero-order valence-electron chi connectivity index (χ0n) is 12.3. The van der Waals surface area contributed by atoms with Crippen molar-refractivity contribution in [2.75, 3.05) is 11.9 Å². The number of hydrogen-bond acceptors (Lipinski definition) is 3. The summed E-state index contributed by atoms with van der Waals surface area (Å²) in [5, 5.41) is 12.8. The minimum absolute atomic E-state index is 0.449. The van der Waals surface area contributed by atoms with Gasteiger partial charge in [0.15, 0.2) is 0 Å². The Labute approximate surface area is 121 Å². The molecule has 0 aliphatic heterocycles. The Bertz CT molecular complexity index is 532. The number of aryl methyl sites for hydroxylation is 2. The second kappa shape index (κ2) is 5.44. The van der Waals surface area contributed by atoms with Crippen molar-refractivity contribution in [2.45, 2.75) is 58.3 Å². The molecular weight excluding hydrogens is 246 g/mol. The van der Waals surface area contributed by atoms with Crippen molar-refractivity contribution in [3.63, 3.8) is 0 Å². The second-order valence-electron chi connectivity index (χ2n) is 6.37. The van der Waals surface area contributed by atoms with Crippen LogP contribution in [0.1, 0.15) is 62.3 Å². The molecule has 2 aliphatic carbocycles. The van der Waals surface area contributed by atoms with Gasteiger partial charge in [0.1, 0.15) is 11.9 Å². The van der Waals surface area contributed by atoms with Crippen LogP contribution in [0.15, 0.2) is 6.07 Å². The number of fused-ring (bicyclic) bond motifs is 1. The molecule has 0 amide bonds. The number of rotatable bonds is 4. The average Bonchev–Trinajstić information content (AvgIpc) is 2.45. The van der Waals surface area contributed by atoms with E-state index in [1.54, 1.807) is 0 Å². The van der Waals surface area contributed by atoms with Gasteiger partial charge < -0.3 is 5.32 Å². The largest absolute Gasteiger partial charge is 0.368 e. The Morgan fingerprint density at radius 1 is 1.30 bits per heavy atom. The lowest BCUT2D eigenvalue weighted by Crippen LogP contribution is -2.36. The second-order valence-corrected chi connectivity index (χ2v) is 6.37. The fourth-order valence-corrected chi connectivity index (χ4v) is 3.46. The summed E-state index contributed by atoms with van der Waals surface area (Å²) >= 11 is 0. The van der Waals surface area contributed by atoms with E-state index in [4.69, 9.17) is 4.98 Å². The van der Waals surface area contributed by atoms with Gasteiger partial charge in [-0.15, -0.1) is 0 Å². The maximum absolute atomic E-state index is 9.35. The fraction of sp³-hybridized carbons (Fsp3) is 0.647. The summed E-state index contributed by atoms with van der Waals surface area (Å²) in [6.07, 6.45) is 9.78. The van der Waals surface area contributed by atoms with E-state index in [1.807, 2.05) is 0 Å². The molecule has 1 aromatic rings. The molecule has 106 valence electrons. The summed E-state index contributed by atoms with van der Waals surface area (Å²) in [5.74, 6) is 0.813. The Balaban J connectivity index is 1.80. The number of nitrogens with zero attached hydrogens (tertiary/aromatic N) is 2. The molecule has 0 saturated heterocycles. The SMILES string of the molecule is CCC1(CNc2nc3c(cc2C#N)CCCC3)CCC1. The Kier molecular flexibility index (Phi) is 3.65. The van der Waals surface area contributed by atoms with Gasteiger partial charge in [-0.25, -0.2) is 4.98 Å². The number of pyridine rings is 1. The highest BCUT2D eigenvalue weighted by Gasteiger charge is 2.35. The van der Waals surface area contributed by atoms with E-state index in [2.05, 4.69) is 24.4 Å². The monoisotopic (exact) mass is 269 g/mol. The Morgan fingerprint density at radius 3 is 2.75 bits per heavy atom. The van der Waals surface area contributed by atoms with Gasteiger partial charge in [0.2, 0.25) is 0 Å². The van der Waals surface area contributed by atoms with E-state index < -0.39 is 0 Å². The van der Waals surface area contributed by atoms with Gasteiger partial charge in [-0.3, -0.25) is 0 Å². The molecule has 0 radical (unpaired) electrons. The molecule has 0 spiro atoms. The summed E-state index contributed by atoms with van der Waals surface area (Å²) < 4.78 is 0. The van der Waals surface area contributed by atoms with Crippen LogP contribution < -0.4 is 5.32 Å². The highest BCUT2D eigenvalue weighted by molar-refractivity contribution is 5.54. The minimum atomic E-state index is 0.449. The van der Waals surface area contributed by atoms with Crippen molar-refractivity contribution in [2.24, 2.45) is 5.41 Å². The van der Waals surface area contributed by atoms with E-state index in [1.165, 1.54) is 49.8 Å². The number of anilines is 1. The molecule has 3 heteroatoms. The summed E-state index contributed by atoms with van der Waals surface area (Å²) in [5.41, 5.74) is 3.66. The molecular formula is C17H23N3. The summed E-state index contributed by atoms with van der Waals surface area (Å²) in [7, 11) is 0. The van der Waals surface area contributed by atoms with Gasteiger partial charge in [-0.05, 0) is 62.0 Å². The van der Waals surface area contributed by atoms with Crippen molar-refractivity contribution in [3.8, 4) is 6.07 Å². The molecule has 1 aromatic heterocycles. The van der Waals surface area contributed by atoms with Crippen LogP contribution in [0.25, 0.3) is 0 Å². The van der Waals surface area contributed by atoms with Gasteiger partial charge in [-0.2, -0.15) is 5.26 Å². The average molecular weight is 269 g/mol. The third kappa shape index (κ3) is 2.40. The lowest BCUT2D eigenvalue weighted by molar-refractivity contribution is 0.145. The van der Waals surface area contributed by atoms with Crippen LogP contribution in [0.3, 0.4) is 0 Å². The summed E-state index contributed by atoms with van der Waals surface area (Å²) in [4.78, 5) is 4.75. The first-order valence-electron chi connectivity index (χ1n) is 7.93. The minimum Gasteiger partial charge on any atom is -0.368 e. The van der Waals surface area contributed by atoms with Crippen LogP contribution >= 0.6 is 0 Å². The van der Waals surface area contributed by atoms with Gasteiger partial charge in [0, 0.05) is 12.2 Å². The van der Waals surface area contributed by atoms with Crippen molar-refractivity contribution >= 4 is 5.82 Å². The van der Waals surface area contributed by atoms with Gasteiger partial charge in [-0.1, -0.05) is 13.3 Å². The van der Waals surface area contributed by atoms with E-state index in [9.17, 15) is 5.26 Å². The summed E-state index contributed by atoms with van der Waals surface area (Å²) in [6, 6.07) is 4.37. The molecule has 1 saturated carbocycles. The van der Waals surface area contributed by atoms with Crippen LogP contribution in [0, 0.1) is 16.7 Å². The third-order valence-corrected chi connectivity index (χ3v) is 5.22. The molecule has 3 nitrogen and oxygen atoms in total. The molecule has 1 fully saturated rings. The maximum Gasteiger partial charge on any atom is 0.144 e. The van der Waals surface area contributed by atoms with E-state index >= 15 is 0 Å². The first kappa shape index (κ1) is 13.4. The molecule has 0 bridgehead atoms. The maximum atomic E-state index is 9.35. The molecule has 0 unspecified atom stereocenters. The number of aromatic nitrogens is 1. The molecule has 1 N–H and O–H groups in total. The van der Waals surface area contributed by atoms with Crippen molar-refractivity contribution in [1.29, 1.82) is 5.26 Å². The zero-order chi connectivity index (χ0) is 14.0. The molecule has 0 aromatic carbocycles. The van der Waals surface area contributed by atoms with Crippen LogP contribution in [0.2, 0.25) is 0 Å². The predicted octanol–water partition coefficient (Wildman–Crippen LogP) is 3.82. The highest BCUT2D eigenvalue weighted by Crippen LogP contribution is 2.43. The van der Waals surface area contributed by atoms with Crippen molar-refractivity contribution in [1.82, 2.24) is 4.98 Å². The van der Waals surface area contributed by atoms with E-state index in [0.29, 0.717) is 5.41 Å². The molecule has 20 heavy (non-hydrogen) atoms. The highest BCUT2D eigenvalue weighted by atomic mass is 15.0. The van der Waals surface area contributed by atoms with Crippen molar-refractivity contribution < 1.29 is 0 Å². The van der Waals surface area contributed by atoms with Gasteiger partial charge in [0.05, 0.1) is 5.56 Å². The first-order valence-corrected chi connectivity index (χ1v) is 7.93. The number of nitrogens with one attached hydrogen (secondary N) is 1. The van der Waals surface area contributed by atoms with Gasteiger partial charge >= 0.3 is 0 Å². The fourth-order valence-electron chi connectivity index (χ4n) is 3.46. The predicted molar refractivity (Wildman–Crippen MR) is 80.7 cm³/mol. The van der Waals surface area contributed by atoms with Gasteiger partial charge in [0.25, 0.3) is 0 Å². The van der Waals surface area contributed by atoms with Crippen LogP contribution in [-0.4, -0.2) is 11.5 Å². The van der Waals surface area contributed by atoms with Crippen LogP contribution in [0.4, 0.5) is 5.82 Å². The van der Waals surface area contributed by atoms with Crippen molar-refractivity contribution in [3.05, 3.63) is 22.9 Å². The first-order chi connectivity index (χ1) is 9.76. The lowest BCUT2D eigenvalue weighted by Gasteiger charge is -2.41. The smallest absolute Gasteiger partial charge is 0.144 e. The Hall–Kier alpha value is -1.56. The molecule has 0 atom stereocenters. The quantitative estimate of drug-likeness (QED) is 0.903. The third-order valence-electron chi connectivity index (χ3n) is 5.22. The van der Waals surface area contributed by atoms with Crippen LogP contribution in [0.5, 0.6) is 0 Å². The lowest BCUT2D eigenvalue weighted by atomic mass is 9.67. The van der Waals surface area contributed by atoms with Crippen LogP contribution in [-0.2, 0) is 12.8 Å². The zero-order valence-corrected chi connectivity index (χ0v) is 12.3.